The maximum absolute atomic E-state index is 12.4. The van der Waals surface area contributed by atoms with Crippen LogP contribution in [-0.2, 0) is 4.79 Å². The molecule has 0 aliphatic carbocycles. The van der Waals surface area contributed by atoms with E-state index in [4.69, 9.17) is 9.47 Å². The molecule has 1 N–H and O–H groups in total. The molecule has 0 spiro atoms. The van der Waals surface area contributed by atoms with E-state index >= 15 is 0 Å². The zero-order valence-corrected chi connectivity index (χ0v) is 13.4. The van der Waals surface area contributed by atoms with Crippen LogP contribution in [-0.4, -0.2) is 12.7 Å². The molecule has 0 bridgehead atoms. The second-order valence-electron chi connectivity index (χ2n) is 5.48. The number of benzene rings is 2. The van der Waals surface area contributed by atoms with E-state index in [1.807, 2.05) is 38.1 Å². The predicted octanol–water partition coefficient (Wildman–Crippen LogP) is 3.58. The molecule has 5 nitrogen and oxygen atoms in total. The van der Waals surface area contributed by atoms with Gasteiger partial charge in [-0.05, 0) is 54.8 Å². The van der Waals surface area contributed by atoms with Crippen LogP contribution >= 0.6 is 0 Å². The Labute approximate surface area is 140 Å². The number of fused-ring (bicyclic) bond motifs is 1. The van der Waals surface area contributed by atoms with Gasteiger partial charge >= 0.3 is 0 Å². The summed E-state index contributed by atoms with van der Waals surface area (Å²) in [6.45, 7) is 4.08. The highest BCUT2D eigenvalue weighted by Crippen LogP contribution is 2.33. The molecule has 2 aromatic carbocycles. The number of carbonyl (C=O) groups excluding carboxylic acids is 1. The summed E-state index contributed by atoms with van der Waals surface area (Å²) in [7, 11) is 0. The van der Waals surface area contributed by atoms with Gasteiger partial charge in [-0.1, -0.05) is 18.2 Å². The van der Waals surface area contributed by atoms with Crippen LogP contribution in [0.4, 0.5) is 5.69 Å². The average molecular weight is 320 g/mol. The number of amides is 1. The molecule has 0 atom stereocenters. The minimum Gasteiger partial charge on any atom is -0.454 e. The summed E-state index contributed by atoms with van der Waals surface area (Å²) >= 11 is 0. The van der Waals surface area contributed by atoms with Crippen molar-refractivity contribution < 1.29 is 14.3 Å². The number of nitrogens with one attached hydrogen (secondary N) is 1. The molecule has 1 aliphatic rings. The van der Waals surface area contributed by atoms with Crippen molar-refractivity contribution >= 4 is 17.7 Å². The highest BCUT2D eigenvalue weighted by Gasteiger charge is 2.15. The van der Waals surface area contributed by atoms with Crippen LogP contribution in [0.15, 0.2) is 42.0 Å². The largest absolute Gasteiger partial charge is 0.454 e. The SMILES string of the molecule is Cc1cccc(NC(=O)/C(C#N)=C\c2ccc3c(c2)OCO3)c1C. The molecular weight excluding hydrogens is 304 g/mol. The minimum absolute atomic E-state index is 0.0229. The van der Waals surface area contributed by atoms with Crippen LogP contribution in [0.25, 0.3) is 6.08 Å². The first-order valence-electron chi connectivity index (χ1n) is 7.47. The lowest BCUT2D eigenvalue weighted by Gasteiger charge is -2.09. The monoisotopic (exact) mass is 320 g/mol. The summed E-state index contributed by atoms with van der Waals surface area (Å²) in [5.41, 5.74) is 3.48. The molecule has 0 radical (unpaired) electrons. The third-order valence-corrected chi connectivity index (χ3v) is 3.93. The van der Waals surface area contributed by atoms with Crippen LogP contribution in [0.5, 0.6) is 11.5 Å². The maximum atomic E-state index is 12.4. The number of aryl methyl sites for hydroxylation is 1. The summed E-state index contributed by atoms with van der Waals surface area (Å²) in [5, 5.41) is 12.1. The standard InChI is InChI=1S/C19H16N2O3/c1-12-4-3-5-16(13(12)2)21-19(22)15(10-20)8-14-6-7-17-18(9-14)24-11-23-17/h3-9H,11H2,1-2H3,(H,21,22)/b15-8-. The van der Waals surface area contributed by atoms with Gasteiger partial charge in [0.25, 0.3) is 5.91 Å². The van der Waals surface area contributed by atoms with Gasteiger partial charge in [0.15, 0.2) is 11.5 Å². The van der Waals surface area contributed by atoms with Gasteiger partial charge in [-0.3, -0.25) is 4.79 Å². The Morgan fingerprint density at radius 1 is 1.21 bits per heavy atom. The van der Waals surface area contributed by atoms with Gasteiger partial charge in [-0.15, -0.1) is 0 Å². The fourth-order valence-corrected chi connectivity index (χ4v) is 2.39. The smallest absolute Gasteiger partial charge is 0.266 e. The van der Waals surface area contributed by atoms with Gasteiger partial charge in [0.2, 0.25) is 6.79 Å². The Kier molecular flexibility index (Phi) is 4.21. The van der Waals surface area contributed by atoms with E-state index in [0.29, 0.717) is 22.7 Å². The van der Waals surface area contributed by atoms with Crippen molar-refractivity contribution in [1.29, 1.82) is 5.26 Å². The van der Waals surface area contributed by atoms with E-state index in [2.05, 4.69) is 5.32 Å². The number of hydrogen-bond donors (Lipinski definition) is 1. The number of carbonyl (C=O) groups is 1. The highest BCUT2D eigenvalue weighted by molar-refractivity contribution is 6.10. The lowest BCUT2D eigenvalue weighted by Crippen LogP contribution is -2.14. The molecule has 0 aromatic heterocycles. The molecule has 0 unspecified atom stereocenters. The molecule has 1 aliphatic heterocycles. The number of anilines is 1. The summed E-state index contributed by atoms with van der Waals surface area (Å²) in [6.07, 6.45) is 1.53. The van der Waals surface area contributed by atoms with Gasteiger partial charge in [0.1, 0.15) is 11.6 Å². The number of hydrogen-bond acceptors (Lipinski definition) is 4. The molecule has 5 heteroatoms. The molecule has 1 amide bonds. The van der Waals surface area contributed by atoms with E-state index in [-0.39, 0.29) is 12.4 Å². The lowest BCUT2D eigenvalue weighted by atomic mass is 10.1. The quantitative estimate of drug-likeness (QED) is 0.693. The molecule has 0 saturated carbocycles. The van der Waals surface area contributed by atoms with Gasteiger partial charge in [0, 0.05) is 5.69 Å². The van der Waals surface area contributed by atoms with Gasteiger partial charge in [0.05, 0.1) is 0 Å². The molecule has 120 valence electrons. The number of rotatable bonds is 3. The Hall–Kier alpha value is -3.26. The average Bonchev–Trinajstić information content (AvgIpc) is 3.04. The first kappa shape index (κ1) is 15.6. The van der Waals surface area contributed by atoms with Gasteiger partial charge in [-0.25, -0.2) is 0 Å². The zero-order chi connectivity index (χ0) is 17.1. The minimum atomic E-state index is -0.441. The summed E-state index contributed by atoms with van der Waals surface area (Å²) in [4.78, 5) is 12.4. The third-order valence-electron chi connectivity index (χ3n) is 3.93. The van der Waals surface area contributed by atoms with Gasteiger partial charge in [-0.2, -0.15) is 5.26 Å². The summed E-state index contributed by atoms with van der Waals surface area (Å²) in [6, 6.07) is 12.9. The first-order chi connectivity index (χ1) is 11.6. The van der Waals surface area contributed by atoms with Crippen molar-refractivity contribution in [2.45, 2.75) is 13.8 Å². The molecule has 0 fully saturated rings. The fourth-order valence-electron chi connectivity index (χ4n) is 2.39. The Balaban J connectivity index is 1.84. The zero-order valence-electron chi connectivity index (χ0n) is 13.4. The molecule has 0 saturated heterocycles. The molecule has 1 heterocycles. The van der Waals surface area contributed by atoms with E-state index in [1.165, 1.54) is 6.08 Å². The Morgan fingerprint density at radius 3 is 2.79 bits per heavy atom. The normalized spacial score (nSPS) is 12.6. The van der Waals surface area contributed by atoms with Gasteiger partial charge < -0.3 is 14.8 Å². The van der Waals surface area contributed by atoms with E-state index in [9.17, 15) is 10.1 Å². The van der Waals surface area contributed by atoms with Crippen LogP contribution in [0, 0.1) is 25.2 Å². The lowest BCUT2D eigenvalue weighted by molar-refractivity contribution is -0.112. The summed E-state index contributed by atoms with van der Waals surface area (Å²) < 4.78 is 10.6. The second-order valence-corrected chi connectivity index (χ2v) is 5.48. The van der Waals surface area contributed by atoms with Crippen molar-refractivity contribution in [2.24, 2.45) is 0 Å². The van der Waals surface area contributed by atoms with Crippen LogP contribution in [0.2, 0.25) is 0 Å². The number of nitriles is 1. The Morgan fingerprint density at radius 2 is 2.00 bits per heavy atom. The van der Waals surface area contributed by atoms with Crippen LogP contribution in [0.1, 0.15) is 16.7 Å². The van der Waals surface area contributed by atoms with Crippen molar-refractivity contribution in [3.8, 4) is 17.6 Å². The third kappa shape index (κ3) is 3.08. The Bertz CT molecular complexity index is 879. The van der Waals surface area contributed by atoms with Crippen LogP contribution in [0.3, 0.4) is 0 Å². The highest BCUT2D eigenvalue weighted by atomic mass is 16.7. The van der Waals surface area contributed by atoms with Crippen LogP contribution < -0.4 is 14.8 Å². The summed E-state index contributed by atoms with van der Waals surface area (Å²) in [5.74, 6) is 0.824. The molecular formula is C19H16N2O3. The second kappa shape index (κ2) is 6.47. The number of ether oxygens (including phenoxy) is 2. The molecule has 2 aromatic rings. The predicted molar refractivity (Wildman–Crippen MR) is 90.7 cm³/mol. The first-order valence-corrected chi connectivity index (χ1v) is 7.47. The maximum Gasteiger partial charge on any atom is 0.266 e. The van der Waals surface area contributed by atoms with Crippen molar-refractivity contribution in [1.82, 2.24) is 0 Å². The number of nitrogens with zero attached hydrogens (tertiary/aromatic N) is 1. The van der Waals surface area contributed by atoms with E-state index in [1.54, 1.807) is 18.2 Å². The van der Waals surface area contributed by atoms with Crippen molar-refractivity contribution in [3.63, 3.8) is 0 Å². The van der Waals surface area contributed by atoms with Crippen molar-refractivity contribution in [3.05, 3.63) is 58.7 Å². The van der Waals surface area contributed by atoms with Crippen molar-refractivity contribution in [2.75, 3.05) is 12.1 Å². The fraction of sp³-hybridized carbons (Fsp3) is 0.158. The molecule has 24 heavy (non-hydrogen) atoms. The van der Waals surface area contributed by atoms with E-state index in [0.717, 1.165) is 11.1 Å². The molecule has 3 rings (SSSR count). The topological polar surface area (TPSA) is 71.4 Å². The van der Waals surface area contributed by atoms with E-state index < -0.39 is 5.91 Å².